The molecule has 2 aromatic rings. The predicted octanol–water partition coefficient (Wildman–Crippen LogP) is 1.90. The number of hydrogen-bond acceptors (Lipinski definition) is 7. The minimum Gasteiger partial charge on any atom is -0.383 e. The van der Waals surface area contributed by atoms with Gasteiger partial charge in [-0.25, -0.2) is 18.1 Å². The number of carbonyl (C=O) groups excluding carboxylic acids is 1. The van der Waals surface area contributed by atoms with Gasteiger partial charge in [0, 0.05) is 25.6 Å². The maximum atomic E-state index is 12.9. The standard InChI is InChI=1S/C20H26N4O4S2/c1-28-11-10-23(17-9-12-30(26,27)14-17)18(25)13-29-20-21-19(15-7-8-15)24(22-20)16-5-3-2-4-6-16/h2-6,15,17H,7-14H2,1H3. The van der Waals surface area contributed by atoms with E-state index in [1.54, 1.807) is 12.0 Å². The summed E-state index contributed by atoms with van der Waals surface area (Å²) in [5.41, 5.74) is 0.961. The lowest BCUT2D eigenvalue weighted by Gasteiger charge is -2.27. The van der Waals surface area contributed by atoms with Crippen LogP contribution in [0.25, 0.3) is 5.69 Å². The third kappa shape index (κ3) is 5.04. The van der Waals surface area contributed by atoms with Gasteiger partial charge in [0.25, 0.3) is 0 Å². The molecular formula is C20H26N4O4S2. The zero-order valence-electron chi connectivity index (χ0n) is 16.9. The molecule has 0 N–H and O–H groups in total. The molecule has 10 heteroatoms. The second kappa shape index (κ2) is 9.07. The first kappa shape index (κ1) is 21.3. The van der Waals surface area contributed by atoms with Crippen LogP contribution >= 0.6 is 11.8 Å². The van der Waals surface area contributed by atoms with Crippen molar-refractivity contribution in [3.63, 3.8) is 0 Å². The smallest absolute Gasteiger partial charge is 0.233 e. The van der Waals surface area contributed by atoms with Crippen LogP contribution in [0, 0.1) is 0 Å². The van der Waals surface area contributed by atoms with E-state index < -0.39 is 9.84 Å². The van der Waals surface area contributed by atoms with Crippen LogP contribution in [0.4, 0.5) is 0 Å². The summed E-state index contributed by atoms with van der Waals surface area (Å²) in [4.78, 5) is 19.3. The van der Waals surface area contributed by atoms with Gasteiger partial charge in [-0.1, -0.05) is 30.0 Å². The fourth-order valence-corrected chi connectivity index (χ4v) is 6.11. The Labute approximate surface area is 180 Å². The molecule has 1 atom stereocenters. The first-order chi connectivity index (χ1) is 14.5. The largest absolute Gasteiger partial charge is 0.383 e. The third-order valence-corrected chi connectivity index (χ3v) is 7.96. The van der Waals surface area contributed by atoms with Gasteiger partial charge in [0.1, 0.15) is 5.82 Å². The Hall–Kier alpha value is -1.91. The second-order valence-corrected chi connectivity index (χ2v) is 10.9. The fraction of sp³-hybridized carbons (Fsp3) is 0.550. The van der Waals surface area contributed by atoms with Crippen LogP contribution in [0.2, 0.25) is 0 Å². The molecule has 0 spiro atoms. The predicted molar refractivity (Wildman–Crippen MR) is 115 cm³/mol. The average Bonchev–Trinajstić information content (AvgIpc) is 3.40. The Bertz CT molecular complexity index is 989. The number of methoxy groups -OCH3 is 1. The van der Waals surface area contributed by atoms with E-state index in [9.17, 15) is 13.2 Å². The Morgan fingerprint density at radius 2 is 2.03 bits per heavy atom. The molecule has 8 nitrogen and oxygen atoms in total. The molecule has 30 heavy (non-hydrogen) atoms. The molecule has 0 radical (unpaired) electrons. The van der Waals surface area contributed by atoms with E-state index in [0.29, 0.717) is 30.6 Å². The SMILES string of the molecule is COCCN(C(=O)CSc1nc(C2CC2)n(-c2ccccc2)n1)C1CCS(=O)(=O)C1. The van der Waals surface area contributed by atoms with Crippen molar-refractivity contribution in [2.75, 3.05) is 37.5 Å². The summed E-state index contributed by atoms with van der Waals surface area (Å²) in [6.45, 7) is 0.759. The van der Waals surface area contributed by atoms with Gasteiger partial charge in [0.2, 0.25) is 11.1 Å². The number of aromatic nitrogens is 3. The van der Waals surface area contributed by atoms with Crippen molar-refractivity contribution >= 4 is 27.5 Å². The molecule has 0 bridgehead atoms. The molecule has 2 heterocycles. The quantitative estimate of drug-likeness (QED) is 0.539. The lowest BCUT2D eigenvalue weighted by atomic mass is 10.2. The van der Waals surface area contributed by atoms with Crippen LogP contribution in [0.5, 0.6) is 0 Å². The van der Waals surface area contributed by atoms with Crippen LogP contribution in [-0.4, -0.2) is 77.6 Å². The van der Waals surface area contributed by atoms with E-state index in [4.69, 9.17) is 4.74 Å². The van der Waals surface area contributed by atoms with Crippen LogP contribution in [0.3, 0.4) is 0 Å². The van der Waals surface area contributed by atoms with Crippen molar-refractivity contribution in [3.8, 4) is 5.69 Å². The normalized spacial score (nSPS) is 20.4. The number of rotatable bonds is 9. The molecule has 1 aliphatic heterocycles. The van der Waals surface area contributed by atoms with Gasteiger partial charge in [0.05, 0.1) is 29.6 Å². The molecule has 1 saturated heterocycles. The highest BCUT2D eigenvalue weighted by Gasteiger charge is 2.35. The minimum absolute atomic E-state index is 0.0276. The zero-order chi connectivity index (χ0) is 21.1. The highest BCUT2D eigenvalue weighted by molar-refractivity contribution is 7.99. The van der Waals surface area contributed by atoms with Crippen molar-refractivity contribution in [1.82, 2.24) is 19.7 Å². The third-order valence-electron chi connectivity index (χ3n) is 5.39. The molecule has 2 aliphatic rings. The van der Waals surface area contributed by atoms with E-state index >= 15 is 0 Å². The van der Waals surface area contributed by atoms with Crippen LogP contribution < -0.4 is 0 Å². The lowest BCUT2D eigenvalue weighted by molar-refractivity contribution is -0.130. The van der Waals surface area contributed by atoms with Crippen molar-refractivity contribution in [3.05, 3.63) is 36.2 Å². The monoisotopic (exact) mass is 450 g/mol. The summed E-state index contributed by atoms with van der Waals surface area (Å²) in [6, 6.07) is 9.60. The van der Waals surface area contributed by atoms with Crippen molar-refractivity contribution in [1.29, 1.82) is 0 Å². The van der Waals surface area contributed by atoms with Gasteiger partial charge in [-0.3, -0.25) is 4.79 Å². The maximum Gasteiger partial charge on any atom is 0.233 e. The van der Waals surface area contributed by atoms with Crippen molar-refractivity contribution in [2.24, 2.45) is 0 Å². The number of amides is 1. The Morgan fingerprint density at radius 1 is 1.27 bits per heavy atom. The van der Waals surface area contributed by atoms with Gasteiger partial charge in [0.15, 0.2) is 9.84 Å². The number of thioether (sulfide) groups is 1. The number of carbonyl (C=O) groups is 1. The number of ether oxygens (including phenoxy) is 1. The minimum atomic E-state index is -3.07. The molecule has 162 valence electrons. The van der Waals surface area contributed by atoms with E-state index in [1.807, 2.05) is 35.0 Å². The second-order valence-electron chi connectivity index (χ2n) is 7.70. The van der Waals surface area contributed by atoms with Crippen molar-refractivity contribution in [2.45, 2.75) is 36.4 Å². The maximum absolute atomic E-state index is 12.9. The summed E-state index contributed by atoms with van der Waals surface area (Å²) < 4.78 is 30.7. The molecule has 1 saturated carbocycles. The molecule has 1 aliphatic carbocycles. The van der Waals surface area contributed by atoms with E-state index in [2.05, 4.69) is 10.1 Å². The van der Waals surface area contributed by atoms with Gasteiger partial charge < -0.3 is 9.64 Å². The Kier molecular flexibility index (Phi) is 6.45. The molecule has 4 rings (SSSR count). The summed E-state index contributed by atoms with van der Waals surface area (Å²) >= 11 is 1.30. The molecule has 1 unspecified atom stereocenters. The number of para-hydroxylation sites is 1. The topological polar surface area (TPSA) is 94.4 Å². The van der Waals surface area contributed by atoms with Crippen molar-refractivity contribution < 1.29 is 17.9 Å². The first-order valence-electron chi connectivity index (χ1n) is 10.1. The summed E-state index contributed by atoms with van der Waals surface area (Å²) in [5, 5.41) is 5.20. The number of benzene rings is 1. The summed E-state index contributed by atoms with van der Waals surface area (Å²) in [7, 11) is -1.50. The zero-order valence-corrected chi connectivity index (χ0v) is 18.6. The lowest BCUT2D eigenvalue weighted by Crippen LogP contribution is -2.44. The number of nitrogens with zero attached hydrogens (tertiary/aromatic N) is 4. The van der Waals surface area contributed by atoms with Gasteiger partial charge in [-0.2, -0.15) is 0 Å². The van der Waals surface area contributed by atoms with E-state index in [1.165, 1.54) is 11.8 Å². The Balaban J connectivity index is 1.45. The number of sulfone groups is 1. The summed E-state index contributed by atoms with van der Waals surface area (Å²) in [5.74, 6) is 1.58. The summed E-state index contributed by atoms with van der Waals surface area (Å²) in [6.07, 6.45) is 2.69. The van der Waals surface area contributed by atoms with Crippen LogP contribution in [0.15, 0.2) is 35.5 Å². The van der Waals surface area contributed by atoms with Crippen LogP contribution in [-0.2, 0) is 19.4 Å². The van der Waals surface area contributed by atoms with E-state index in [0.717, 1.165) is 24.4 Å². The van der Waals surface area contributed by atoms with E-state index in [-0.39, 0.29) is 29.2 Å². The molecular weight excluding hydrogens is 424 g/mol. The first-order valence-corrected chi connectivity index (χ1v) is 12.9. The number of hydrogen-bond donors (Lipinski definition) is 0. The molecule has 2 fully saturated rings. The highest BCUT2D eigenvalue weighted by atomic mass is 32.2. The van der Waals surface area contributed by atoms with Crippen LogP contribution in [0.1, 0.15) is 31.0 Å². The van der Waals surface area contributed by atoms with Gasteiger partial charge in [-0.05, 0) is 31.4 Å². The molecule has 1 aromatic heterocycles. The highest BCUT2D eigenvalue weighted by Crippen LogP contribution is 2.40. The van der Waals surface area contributed by atoms with Gasteiger partial charge in [-0.15, -0.1) is 5.10 Å². The Morgan fingerprint density at radius 3 is 2.67 bits per heavy atom. The average molecular weight is 451 g/mol. The molecule has 1 aromatic carbocycles. The van der Waals surface area contributed by atoms with Gasteiger partial charge >= 0.3 is 0 Å². The fourth-order valence-electron chi connectivity index (χ4n) is 3.66. The molecule has 1 amide bonds.